The summed E-state index contributed by atoms with van der Waals surface area (Å²) in [5, 5.41) is 15.2. The molecule has 0 aliphatic heterocycles. The molecule has 9 nitrogen and oxygen atoms in total. The molecule has 1 aliphatic rings. The maximum absolute atomic E-state index is 13.2. The number of methoxy groups -OCH3 is 1. The molecule has 0 radical (unpaired) electrons. The number of nitrogens with one attached hydrogen (secondary N) is 1. The van der Waals surface area contributed by atoms with Gasteiger partial charge in [0.25, 0.3) is 0 Å². The van der Waals surface area contributed by atoms with E-state index < -0.39 is 0 Å². The van der Waals surface area contributed by atoms with Crippen LogP contribution in [0.15, 0.2) is 48.5 Å². The van der Waals surface area contributed by atoms with Crippen molar-refractivity contribution >= 4 is 11.8 Å². The van der Waals surface area contributed by atoms with Crippen molar-refractivity contribution in [2.45, 2.75) is 44.8 Å². The Balaban J connectivity index is 1.45. The highest BCUT2D eigenvalue weighted by molar-refractivity contribution is 5.84. The minimum Gasteiger partial charge on any atom is -0.497 e. The lowest BCUT2D eigenvalue weighted by molar-refractivity contribution is -0.137. The Labute approximate surface area is 196 Å². The summed E-state index contributed by atoms with van der Waals surface area (Å²) in [6.07, 6.45) is 4.14. The van der Waals surface area contributed by atoms with E-state index in [0.717, 1.165) is 31.2 Å². The topological polar surface area (TPSA) is 102 Å². The number of amides is 2. The molecule has 0 unspecified atom stereocenters. The lowest BCUT2D eigenvalue weighted by Gasteiger charge is -2.23. The highest BCUT2D eigenvalue weighted by Crippen LogP contribution is 2.18. The van der Waals surface area contributed by atoms with Crippen LogP contribution in [0.3, 0.4) is 0 Å². The molecule has 0 saturated heterocycles. The van der Waals surface area contributed by atoms with Crippen molar-refractivity contribution in [3.8, 4) is 17.1 Å². The number of halogens is 1. The fourth-order valence-corrected chi connectivity index (χ4v) is 3.95. The van der Waals surface area contributed by atoms with Crippen molar-refractivity contribution in [1.29, 1.82) is 0 Å². The van der Waals surface area contributed by atoms with E-state index in [-0.39, 0.29) is 49.1 Å². The molecule has 1 aliphatic carbocycles. The summed E-state index contributed by atoms with van der Waals surface area (Å²) < 4.78 is 18.4. The van der Waals surface area contributed by atoms with E-state index in [9.17, 15) is 14.0 Å². The van der Waals surface area contributed by atoms with Gasteiger partial charge in [-0.2, -0.15) is 4.80 Å². The molecule has 34 heavy (non-hydrogen) atoms. The first kappa shape index (κ1) is 23.3. The van der Waals surface area contributed by atoms with Gasteiger partial charge in [0.1, 0.15) is 18.1 Å². The van der Waals surface area contributed by atoms with Gasteiger partial charge in [-0.1, -0.05) is 25.0 Å². The maximum Gasteiger partial charge on any atom is 0.247 e. The van der Waals surface area contributed by atoms with E-state index >= 15 is 0 Å². The number of benzene rings is 2. The molecule has 0 atom stereocenters. The Bertz CT molecular complexity index is 1110. The second-order valence-corrected chi connectivity index (χ2v) is 8.30. The van der Waals surface area contributed by atoms with Gasteiger partial charge >= 0.3 is 0 Å². The van der Waals surface area contributed by atoms with Crippen LogP contribution in [0.2, 0.25) is 0 Å². The summed E-state index contributed by atoms with van der Waals surface area (Å²) in [6.45, 7) is 0.00235. The number of nitrogens with zero attached hydrogens (tertiary/aromatic N) is 5. The number of rotatable bonds is 9. The second kappa shape index (κ2) is 10.9. The van der Waals surface area contributed by atoms with Crippen molar-refractivity contribution in [3.05, 3.63) is 59.9 Å². The van der Waals surface area contributed by atoms with Crippen molar-refractivity contribution in [3.63, 3.8) is 0 Å². The Morgan fingerprint density at radius 1 is 1.12 bits per heavy atom. The molecule has 2 aromatic carbocycles. The average molecular weight is 467 g/mol. The molecule has 4 rings (SSSR count). The molecule has 1 fully saturated rings. The van der Waals surface area contributed by atoms with Crippen molar-refractivity contribution in [2.75, 3.05) is 13.7 Å². The van der Waals surface area contributed by atoms with Gasteiger partial charge in [0.15, 0.2) is 0 Å². The minimum atomic E-state index is -0.364. The zero-order chi connectivity index (χ0) is 23.9. The summed E-state index contributed by atoms with van der Waals surface area (Å²) in [7, 11) is 1.59. The van der Waals surface area contributed by atoms with Gasteiger partial charge in [-0.3, -0.25) is 9.59 Å². The van der Waals surface area contributed by atoms with Gasteiger partial charge in [0.05, 0.1) is 13.7 Å². The van der Waals surface area contributed by atoms with E-state index in [1.807, 2.05) is 24.3 Å². The molecule has 1 heterocycles. The first-order chi connectivity index (χ1) is 16.5. The number of hydrogen-bond donors (Lipinski definition) is 1. The van der Waals surface area contributed by atoms with Crippen LogP contribution in [0.25, 0.3) is 11.4 Å². The van der Waals surface area contributed by atoms with Crippen LogP contribution in [0.4, 0.5) is 4.39 Å². The van der Waals surface area contributed by atoms with E-state index in [2.05, 4.69) is 20.7 Å². The van der Waals surface area contributed by atoms with Crippen LogP contribution >= 0.6 is 0 Å². The summed E-state index contributed by atoms with van der Waals surface area (Å²) >= 11 is 0. The van der Waals surface area contributed by atoms with Crippen LogP contribution in [-0.2, 0) is 22.7 Å². The zero-order valence-electron chi connectivity index (χ0n) is 19.0. The summed E-state index contributed by atoms with van der Waals surface area (Å²) in [6, 6.07) is 13.2. The third kappa shape index (κ3) is 6.15. The van der Waals surface area contributed by atoms with Crippen molar-refractivity contribution in [1.82, 2.24) is 30.4 Å². The summed E-state index contributed by atoms with van der Waals surface area (Å²) in [4.78, 5) is 28.5. The molecule has 3 aromatic rings. The molecule has 2 amide bonds. The van der Waals surface area contributed by atoms with Crippen molar-refractivity contribution < 1.29 is 18.7 Å². The number of carbonyl (C=O) groups excluding carboxylic acids is 2. The SMILES string of the molecule is COc1ccc(CN(CC(=O)NC2CCCC2)C(=O)Cn2nnc(-c3ccc(F)cc3)n2)cc1. The third-order valence-electron chi connectivity index (χ3n) is 5.77. The van der Waals surface area contributed by atoms with Crippen LogP contribution < -0.4 is 10.1 Å². The first-order valence-corrected chi connectivity index (χ1v) is 11.2. The lowest BCUT2D eigenvalue weighted by atomic mass is 10.2. The second-order valence-electron chi connectivity index (χ2n) is 8.30. The molecular weight excluding hydrogens is 439 g/mol. The summed E-state index contributed by atoms with van der Waals surface area (Å²) in [5.41, 5.74) is 1.45. The Morgan fingerprint density at radius 3 is 2.50 bits per heavy atom. The molecule has 0 spiro atoms. The normalized spacial score (nSPS) is 13.6. The Hall–Kier alpha value is -3.82. The Kier molecular flexibility index (Phi) is 7.46. The Morgan fingerprint density at radius 2 is 1.82 bits per heavy atom. The van der Waals surface area contributed by atoms with Crippen LogP contribution in [0, 0.1) is 5.82 Å². The van der Waals surface area contributed by atoms with Crippen LogP contribution in [-0.4, -0.2) is 56.6 Å². The van der Waals surface area contributed by atoms with Gasteiger partial charge < -0.3 is 15.0 Å². The van der Waals surface area contributed by atoms with Crippen molar-refractivity contribution in [2.24, 2.45) is 0 Å². The summed E-state index contributed by atoms with van der Waals surface area (Å²) in [5.74, 6) is 0.123. The van der Waals surface area contributed by atoms with Crippen LogP contribution in [0.1, 0.15) is 31.2 Å². The maximum atomic E-state index is 13.2. The molecular formula is C24H27FN6O3. The first-order valence-electron chi connectivity index (χ1n) is 11.2. The zero-order valence-corrected chi connectivity index (χ0v) is 19.0. The molecule has 1 N–H and O–H groups in total. The lowest BCUT2D eigenvalue weighted by Crippen LogP contribution is -2.44. The number of carbonyl (C=O) groups is 2. The minimum absolute atomic E-state index is 0.0686. The predicted octanol–water partition coefficient (Wildman–Crippen LogP) is 2.58. The quantitative estimate of drug-likeness (QED) is 0.520. The largest absolute Gasteiger partial charge is 0.497 e. The van der Waals surface area contributed by atoms with E-state index in [1.54, 1.807) is 19.2 Å². The molecule has 0 bridgehead atoms. The molecule has 1 aromatic heterocycles. The van der Waals surface area contributed by atoms with E-state index in [1.165, 1.54) is 21.8 Å². The standard InChI is InChI=1S/C24H27FN6O3/c1-34-21-12-6-17(7-13-21)14-30(15-22(32)26-20-4-2-3-5-20)23(33)16-31-28-24(27-29-31)18-8-10-19(25)11-9-18/h6-13,20H,2-5,14-16H2,1H3,(H,26,32). The molecule has 178 valence electrons. The smallest absolute Gasteiger partial charge is 0.247 e. The van der Waals surface area contributed by atoms with E-state index in [0.29, 0.717) is 11.3 Å². The number of hydrogen-bond acceptors (Lipinski definition) is 6. The van der Waals surface area contributed by atoms with Gasteiger partial charge in [0.2, 0.25) is 17.6 Å². The molecule has 1 saturated carbocycles. The fourth-order valence-electron chi connectivity index (χ4n) is 3.95. The number of tetrazole rings is 1. The van der Waals surface area contributed by atoms with Gasteiger partial charge in [-0.15, -0.1) is 10.2 Å². The van der Waals surface area contributed by atoms with Crippen LogP contribution in [0.5, 0.6) is 5.75 Å². The monoisotopic (exact) mass is 466 g/mol. The highest BCUT2D eigenvalue weighted by atomic mass is 19.1. The number of ether oxygens (including phenoxy) is 1. The molecule has 10 heteroatoms. The van der Waals surface area contributed by atoms with E-state index in [4.69, 9.17) is 4.74 Å². The average Bonchev–Trinajstić information content (AvgIpc) is 3.52. The predicted molar refractivity (Wildman–Crippen MR) is 122 cm³/mol. The van der Waals surface area contributed by atoms with Gasteiger partial charge in [0, 0.05) is 18.2 Å². The third-order valence-corrected chi connectivity index (χ3v) is 5.77. The highest BCUT2D eigenvalue weighted by Gasteiger charge is 2.22. The van der Waals surface area contributed by atoms with Gasteiger partial charge in [-0.05, 0) is 60.0 Å². The van der Waals surface area contributed by atoms with Gasteiger partial charge in [-0.25, -0.2) is 4.39 Å². The fraction of sp³-hybridized carbons (Fsp3) is 0.375. The number of aromatic nitrogens is 4.